The molecule has 0 unspecified atom stereocenters. The number of rotatable bonds is 7. The van der Waals surface area contributed by atoms with Crippen LogP contribution < -0.4 is 11.1 Å². The Morgan fingerprint density at radius 3 is 3.00 bits per heavy atom. The number of aromatic nitrogens is 7. The normalized spacial score (nSPS) is 22.8. The largest absolute Gasteiger partial charge is 0.394 e. The third kappa shape index (κ3) is 3.51. The van der Waals surface area contributed by atoms with E-state index in [1.165, 1.54) is 6.33 Å². The second kappa shape index (κ2) is 7.72. The van der Waals surface area contributed by atoms with Crippen LogP contribution in [0.25, 0.3) is 11.2 Å². The maximum atomic E-state index is 11.3. The molecule has 0 spiro atoms. The number of carbonyl (C=O) groups is 1. The molecular weight excluding hydrogens is 378 g/mol. The summed E-state index contributed by atoms with van der Waals surface area (Å²) in [5.41, 5.74) is 7.27. The predicted molar refractivity (Wildman–Crippen MR) is 102 cm³/mol. The number of primary amides is 1. The summed E-state index contributed by atoms with van der Waals surface area (Å²) in [7, 11) is 1.77. The molecule has 4 N–H and O–H groups in total. The molecule has 0 saturated carbocycles. The Morgan fingerprint density at radius 1 is 1.45 bits per heavy atom. The molecule has 0 radical (unpaired) electrons. The Hall–Kier alpha value is -3.12. The minimum Gasteiger partial charge on any atom is -0.394 e. The summed E-state index contributed by atoms with van der Waals surface area (Å²) in [6.07, 6.45) is 5.00. The SMILES string of the molecule is CNc1ncnc2c1ncn2[C@H]1C[C@@H](n2cc(C[C@H](C)C(N)=O)nn2)[C@@H](CO)O1. The molecular formula is C17H23N9O3. The van der Waals surface area contributed by atoms with Gasteiger partial charge in [0, 0.05) is 32.0 Å². The number of aliphatic hydroxyl groups excluding tert-OH is 1. The van der Waals surface area contributed by atoms with Gasteiger partial charge in [-0.05, 0) is 0 Å². The van der Waals surface area contributed by atoms with Crippen molar-refractivity contribution in [2.75, 3.05) is 19.0 Å². The zero-order valence-corrected chi connectivity index (χ0v) is 16.1. The van der Waals surface area contributed by atoms with E-state index in [2.05, 4.69) is 30.6 Å². The van der Waals surface area contributed by atoms with Crippen molar-refractivity contribution in [2.45, 2.75) is 38.1 Å². The molecule has 1 amide bonds. The third-order valence-electron chi connectivity index (χ3n) is 5.19. The van der Waals surface area contributed by atoms with Gasteiger partial charge in [-0.25, -0.2) is 19.6 Å². The molecule has 29 heavy (non-hydrogen) atoms. The predicted octanol–water partition coefficient (Wildman–Crippen LogP) is -0.355. The number of nitrogens with zero attached hydrogens (tertiary/aromatic N) is 7. The van der Waals surface area contributed by atoms with Gasteiger partial charge >= 0.3 is 0 Å². The van der Waals surface area contributed by atoms with Crippen molar-refractivity contribution < 1.29 is 14.6 Å². The highest BCUT2D eigenvalue weighted by Crippen LogP contribution is 2.37. The number of carbonyl (C=O) groups excluding carboxylic acids is 1. The molecule has 1 saturated heterocycles. The summed E-state index contributed by atoms with van der Waals surface area (Å²) in [5.74, 6) is -0.0850. The Kier molecular flexibility index (Phi) is 5.11. The summed E-state index contributed by atoms with van der Waals surface area (Å²) >= 11 is 0. The number of hydrogen-bond donors (Lipinski definition) is 3. The Labute approximate surface area is 166 Å². The van der Waals surface area contributed by atoms with Crippen LogP contribution in [0.5, 0.6) is 0 Å². The molecule has 3 aromatic heterocycles. The van der Waals surface area contributed by atoms with Gasteiger partial charge in [-0.15, -0.1) is 5.10 Å². The first-order valence-electron chi connectivity index (χ1n) is 9.33. The highest BCUT2D eigenvalue weighted by Gasteiger charge is 2.38. The maximum absolute atomic E-state index is 11.3. The van der Waals surface area contributed by atoms with Crippen molar-refractivity contribution in [1.82, 2.24) is 34.5 Å². The van der Waals surface area contributed by atoms with Gasteiger partial charge in [0.2, 0.25) is 5.91 Å². The Bertz CT molecular complexity index is 1020. The molecule has 12 nitrogen and oxygen atoms in total. The molecule has 154 valence electrons. The summed E-state index contributed by atoms with van der Waals surface area (Å²) in [6.45, 7) is 1.58. The molecule has 1 aliphatic rings. The first-order valence-corrected chi connectivity index (χ1v) is 9.33. The van der Waals surface area contributed by atoms with Gasteiger partial charge in [0.15, 0.2) is 11.5 Å². The van der Waals surface area contributed by atoms with Crippen molar-refractivity contribution in [3.8, 4) is 0 Å². The fourth-order valence-electron chi connectivity index (χ4n) is 3.56. The molecule has 1 aliphatic heterocycles. The first kappa shape index (κ1) is 19.2. The number of nitrogens with two attached hydrogens (primary N) is 1. The monoisotopic (exact) mass is 401 g/mol. The number of amides is 1. The average Bonchev–Trinajstić information content (AvgIpc) is 3.44. The van der Waals surface area contributed by atoms with Crippen LogP contribution in [0.1, 0.15) is 31.3 Å². The summed E-state index contributed by atoms with van der Waals surface area (Å²) in [6, 6.07) is -0.224. The van der Waals surface area contributed by atoms with Crippen LogP contribution >= 0.6 is 0 Å². The standard InChI is InChI=1S/C17H23N9O3/c1-9(15(18)28)3-10-5-26(24-23-10)11-4-13(29-12(11)6-27)25-8-22-14-16(19-2)20-7-21-17(14)25/h5,7-9,11-13,27H,3-4,6H2,1-2H3,(H2,18,28)(H,19,20,21)/t9-,11+,12+,13+/m0/s1. The first-order chi connectivity index (χ1) is 14.0. The van der Waals surface area contributed by atoms with Crippen LogP contribution in [0.4, 0.5) is 5.82 Å². The fourth-order valence-corrected chi connectivity index (χ4v) is 3.56. The van der Waals surface area contributed by atoms with Gasteiger partial charge in [0.1, 0.15) is 24.2 Å². The molecule has 4 atom stereocenters. The van der Waals surface area contributed by atoms with Crippen molar-refractivity contribution in [1.29, 1.82) is 0 Å². The molecule has 0 aliphatic carbocycles. The lowest BCUT2D eigenvalue weighted by Crippen LogP contribution is -2.24. The third-order valence-corrected chi connectivity index (χ3v) is 5.19. The molecule has 0 bridgehead atoms. The lowest BCUT2D eigenvalue weighted by Gasteiger charge is -2.15. The fraction of sp³-hybridized carbons (Fsp3) is 0.529. The molecule has 3 aromatic rings. The van der Waals surface area contributed by atoms with Gasteiger partial charge in [-0.1, -0.05) is 12.1 Å². The summed E-state index contributed by atoms with van der Waals surface area (Å²) in [5, 5.41) is 21.1. The van der Waals surface area contributed by atoms with Gasteiger partial charge in [0.25, 0.3) is 0 Å². The number of fused-ring (bicyclic) bond motifs is 1. The van der Waals surface area contributed by atoms with Crippen molar-refractivity contribution >= 4 is 22.9 Å². The number of hydrogen-bond acceptors (Lipinski definition) is 9. The van der Waals surface area contributed by atoms with Gasteiger partial charge in [-0.3, -0.25) is 9.36 Å². The van der Waals surface area contributed by atoms with E-state index in [9.17, 15) is 9.90 Å². The van der Waals surface area contributed by atoms with Crippen molar-refractivity contribution in [2.24, 2.45) is 11.7 Å². The van der Waals surface area contributed by atoms with Crippen LogP contribution in [0.2, 0.25) is 0 Å². The zero-order chi connectivity index (χ0) is 20.5. The molecule has 4 heterocycles. The molecule has 0 aromatic carbocycles. The van der Waals surface area contributed by atoms with E-state index in [1.54, 1.807) is 31.2 Å². The van der Waals surface area contributed by atoms with E-state index in [-0.39, 0.29) is 30.7 Å². The second-order valence-corrected chi connectivity index (χ2v) is 7.11. The van der Waals surface area contributed by atoms with Crippen LogP contribution in [-0.4, -0.2) is 65.3 Å². The quantitative estimate of drug-likeness (QED) is 0.480. The molecule has 12 heteroatoms. The average molecular weight is 401 g/mol. The van der Waals surface area contributed by atoms with Crippen LogP contribution in [0, 0.1) is 5.92 Å². The maximum Gasteiger partial charge on any atom is 0.220 e. The van der Waals surface area contributed by atoms with Gasteiger partial charge in [0.05, 0.1) is 24.7 Å². The zero-order valence-electron chi connectivity index (χ0n) is 16.1. The number of imidazole rings is 1. The smallest absolute Gasteiger partial charge is 0.220 e. The van der Waals surface area contributed by atoms with Gasteiger partial charge in [-0.2, -0.15) is 0 Å². The van der Waals surface area contributed by atoms with E-state index < -0.39 is 6.10 Å². The van der Waals surface area contributed by atoms with E-state index >= 15 is 0 Å². The Balaban J connectivity index is 1.57. The number of nitrogens with one attached hydrogen (secondary N) is 1. The van der Waals surface area contributed by atoms with Gasteiger partial charge < -0.3 is 20.9 Å². The van der Waals surface area contributed by atoms with Crippen LogP contribution in [-0.2, 0) is 16.0 Å². The lowest BCUT2D eigenvalue weighted by molar-refractivity contribution is -0.121. The topological polar surface area (TPSA) is 159 Å². The highest BCUT2D eigenvalue weighted by molar-refractivity contribution is 5.82. The summed E-state index contributed by atoms with van der Waals surface area (Å²) < 4.78 is 9.57. The van der Waals surface area contributed by atoms with Crippen LogP contribution in [0.15, 0.2) is 18.9 Å². The molecule has 1 fully saturated rings. The van der Waals surface area contributed by atoms with E-state index in [4.69, 9.17) is 10.5 Å². The van der Waals surface area contributed by atoms with E-state index in [1.807, 2.05) is 4.57 Å². The van der Waals surface area contributed by atoms with E-state index in [0.29, 0.717) is 35.5 Å². The second-order valence-electron chi connectivity index (χ2n) is 7.11. The molecule has 4 rings (SSSR count). The highest BCUT2D eigenvalue weighted by atomic mass is 16.5. The lowest BCUT2D eigenvalue weighted by atomic mass is 10.1. The van der Waals surface area contributed by atoms with Crippen molar-refractivity contribution in [3.05, 3.63) is 24.5 Å². The summed E-state index contributed by atoms with van der Waals surface area (Å²) in [4.78, 5) is 24.2. The number of aliphatic hydroxyl groups is 1. The minimum atomic E-state index is -0.467. The van der Waals surface area contributed by atoms with E-state index in [0.717, 1.165) is 0 Å². The number of anilines is 1. The number of ether oxygens (including phenoxy) is 1. The minimum absolute atomic E-state index is 0.169. The van der Waals surface area contributed by atoms with Crippen LogP contribution in [0.3, 0.4) is 0 Å². The van der Waals surface area contributed by atoms with Crippen molar-refractivity contribution in [3.63, 3.8) is 0 Å². The Morgan fingerprint density at radius 2 is 2.28 bits per heavy atom.